The number of hydrogen-bond donors (Lipinski definition) is 1. The lowest BCUT2D eigenvalue weighted by Gasteiger charge is -2.36. The first-order chi connectivity index (χ1) is 16.4. The first kappa shape index (κ1) is 23.9. The van der Waals surface area contributed by atoms with Crippen molar-refractivity contribution in [3.63, 3.8) is 0 Å². The van der Waals surface area contributed by atoms with Gasteiger partial charge < -0.3 is 15.0 Å². The van der Waals surface area contributed by atoms with E-state index in [0.29, 0.717) is 41.1 Å². The molecule has 1 aliphatic rings. The van der Waals surface area contributed by atoms with Crippen molar-refractivity contribution in [1.29, 1.82) is 0 Å². The predicted molar refractivity (Wildman–Crippen MR) is 136 cm³/mol. The molecule has 1 saturated heterocycles. The van der Waals surface area contributed by atoms with Gasteiger partial charge in [-0.05, 0) is 60.0 Å². The van der Waals surface area contributed by atoms with Crippen LogP contribution in [-0.2, 0) is 17.8 Å². The molecule has 0 unspecified atom stereocenters. The Kier molecular flexibility index (Phi) is 7.60. The van der Waals surface area contributed by atoms with Crippen molar-refractivity contribution in [3.05, 3.63) is 87.9 Å². The third-order valence-electron chi connectivity index (χ3n) is 5.61. The summed E-state index contributed by atoms with van der Waals surface area (Å²) in [5.41, 5.74) is 3.16. The lowest BCUT2D eigenvalue weighted by molar-refractivity contribution is -0.115. The number of urea groups is 1. The molecule has 4 rings (SSSR count). The molecular weight excluding hydrogens is 473 g/mol. The molecule has 1 fully saturated rings. The van der Waals surface area contributed by atoms with Gasteiger partial charge in [0.05, 0.1) is 23.6 Å². The zero-order valence-electron chi connectivity index (χ0n) is 18.8. The monoisotopic (exact) mass is 497 g/mol. The van der Waals surface area contributed by atoms with Crippen LogP contribution >= 0.6 is 23.2 Å². The van der Waals surface area contributed by atoms with E-state index in [1.165, 1.54) is 0 Å². The van der Waals surface area contributed by atoms with Crippen LogP contribution in [0.25, 0.3) is 0 Å². The average molecular weight is 498 g/mol. The van der Waals surface area contributed by atoms with E-state index in [-0.39, 0.29) is 18.4 Å². The van der Waals surface area contributed by atoms with Gasteiger partial charge >= 0.3 is 6.03 Å². The lowest BCUT2D eigenvalue weighted by atomic mass is 10.1. The van der Waals surface area contributed by atoms with Crippen molar-refractivity contribution in [3.8, 4) is 5.75 Å². The number of anilines is 2. The van der Waals surface area contributed by atoms with Crippen molar-refractivity contribution in [2.75, 3.05) is 30.4 Å². The van der Waals surface area contributed by atoms with Crippen LogP contribution in [0.2, 0.25) is 10.0 Å². The van der Waals surface area contributed by atoms with E-state index in [1.54, 1.807) is 29.0 Å². The summed E-state index contributed by atoms with van der Waals surface area (Å²) in [7, 11) is 1.60. The van der Waals surface area contributed by atoms with Crippen molar-refractivity contribution in [2.24, 2.45) is 0 Å². The van der Waals surface area contributed by atoms with Gasteiger partial charge in [0, 0.05) is 31.0 Å². The maximum atomic E-state index is 13.2. The summed E-state index contributed by atoms with van der Waals surface area (Å²) >= 11 is 12.1. The zero-order valence-corrected chi connectivity index (χ0v) is 20.3. The summed E-state index contributed by atoms with van der Waals surface area (Å²) < 4.78 is 5.22. The number of rotatable bonds is 7. The van der Waals surface area contributed by atoms with E-state index in [4.69, 9.17) is 27.9 Å². The van der Waals surface area contributed by atoms with Crippen LogP contribution in [0.1, 0.15) is 17.5 Å². The second-order valence-electron chi connectivity index (χ2n) is 8.08. The Morgan fingerprint density at radius 2 is 1.79 bits per heavy atom. The fraction of sp³-hybridized carbons (Fsp3) is 0.231. The summed E-state index contributed by atoms with van der Waals surface area (Å²) in [6.07, 6.45) is 1.06. The van der Waals surface area contributed by atoms with Gasteiger partial charge in [-0.3, -0.25) is 9.69 Å². The molecule has 3 aromatic carbocycles. The molecule has 0 bridgehead atoms. The van der Waals surface area contributed by atoms with Crippen LogP contribution in [-0.4, -0.2) is 37.0 Å². The quantitative estimate of drug-likeness (QED) is 0.434. The second kappa shape index (κ2) is 10.8. The maximum absolute atomic E-state index is 13.2. The van der Waals surface area contributed by atoms with Gasteiger partial charge in [0.25, 0.3) is 0 Å². The molecule has 8 heteroatoms. The molecule has 3 aromatic rings. The molecule has 3 amide bonds. The molecule has 176 valence electrons. The first-order valence-electron chi connectivity index (χ1n) is 11.0. The number of hydrogen-bond acceptors (Lipinski definition) is 3. The fourth-order valence-corrected chi connectivity index (χ4v) is 4.27. The van der Waals surface area contributed by atoms with Gasteiger partial charge in [0.15, 0.2) is 0 Å². The van der Waals surface area contributed by atoms with Gasteiger partial charge in [-0.2, -0.15) is 0 Å². The van der Waals surface area contributed by atoms with Crippen LogP contribution in [0.15, 0.2) is 66.7 Å². The highest BCUT2D eigenvalue weighted by Gasteiger charge is 2.27. The summed E-state index contributed by atoms with van der Waals surface area (Å²) in [6.45, 7) is 1.72. The Bertz CT molecular complexity index is 1200. The molecule has 0 saturated carbocycles. The Morgan fingerprint density at radius 3 is 2.59 bits per heavy atom. The van der Waals surface area contributed by atoms with Crippen molar-refractivity contribution < 1.29 is 14.3 Å². The molecule has 1 heterocycles. The SMILES string of the molecule is COc1cccc(CC(=O)Nc2cccc(N3CCCN(Cc4ccc(Cl)c(Cl)c4)C3=O)c2)c1. The van der Waals surface area contributed by atoms with Gasteiger partial charge in [-0.1, -0.05) is 47.5 Å². The van der Waals surface area contributed by atoms with Gasteiger partial charge in [-0.25, -0.2) is 4.79 Å². The highest BCUT2D eigenvalue weighted by molar-refractivity contribution is 6.42. The molecule has 0 atom stereocenters. The highest BCUT2D eigenvalue weighted by Crippen LogP contribution is 2.27. The summed E-state index contributed by atoms with van der Waals surface area (Å²) in [5.74, 6) is 0.568. The van der Waals surface area contributed by atoms with E-state index in [9.17, 15) is 9.59 Å². The number of halogens is 2. The number of nitrogens with zero attached hydrogens (tertiary/aromatic N) is 2. The third kappa shape index (κ3) is 5.82. The van der Waals surface area contributed by atoms with Crippen LogP contribution in [0.3, 0.4) is 0 Å². The average Bonchev–Trinajstić information content (AvgIpc) is 2.83. The molecule has 0 radical (unpaired) electrons. The van der Waals surface area contributed by atoms with E-state index in [0.717, 1.165) is 23.2 Å². The number of benzene rings is 3. The maximum Gasteiger partial charge on any atom is 0.324 e. The number of ether oxygens (including phenoxy) is 1. The van der Waals surface area contributed by atoms with E-state index in [2.05, 4.69) is 5.32 Å². The van der Waals surface area contributed by atoms with E-state index < -0.39 is 0 Å². The molecule has 1 N–H and O–H groups in total. The largest absolute Gasteiger partial charge is 0.497 e. The minimum Gasteiger partial charge on any atom is -0.497 e. The van der Waals surface area contributed by atoms with Crippen LogP contribution in [0.5, 0.6) is 5.75 Å². The van der Waals surface area contributed by atoms with Gasteiger partial charge in [0.2, 0.25) is 5.91 Å². The Hall–Kier alpha value is -3.22. The van der Waals surface area contributed by atoms with E-state index in [1.807, 2.05) is 54.6 Å². The minimum atomic E-state index is -0.142. The molecule has 0 aromatic heterocycles. The lowest BCUT2D eigenvalue weighted by Crippen LogP contribution is -2.49. The summed E-state index contributed by atoms with van der Waals surface area (Å²) in [6, 6.07) is 20.1. The molecule has 0 aliphatic carbocycles. The Morgan fingerprint density at radius 1 is 0.971 bits per heavy atom. The normalized spacial score (nSPS) is 13.7. The molecule has 1 aliphatic heterocycles. The van der Waals surface area contributed by atoms with Crippen molar-refractivity contribution in [1.82, 2.24) is 4.90 Å². The topological polar surface area (TPSA) is 61.9 Å². The third-order valence-corrected chi connectivity index (χ3v) is 6.35. The standard InChI is InChI=1S/C26H25Cl2N3O3/c1-34-22-8-2-5-18(13-22)15-25(32)29-20-6-3-7-21(16-20)31-12-4-11-30(26(31)33)17-19-9-10-23(27)24(28)14-19/h2-3,5-10,13-14,16H,4,11-12,15,17H2,1H3,(H,29,32). The van der Waals surface area contributed by atoms with Crippen molar-refractivity contribution >= 4 is 46.5 Å². The van der Waals surface area contributed by atoms with Crippen LogP contribution < -0.4 is 15.0 Å². The van der Waals surface area contributed by atoms with Gasteiger partial charge in [0.1, 0.15) is 5.75 Å². The fourth-order valence-electron chi connectivity index (χ4n) is 3.95. The van der Waals surface area contributed by atoms with Crippen LogP contribution in [0, 0.1) is 0 Å². The summed E-state index contributed by atoms with van der Waals surface area (Å²) in [5, 5.41) is 3.88. The number of carbonyl (C=O) groups excluding carboxylic acids is 2. The molecule has 0 spiro atoms. The smallest absolute Gasteiger partial charge is 0.324 e. The zero-order chi connectivity index (χ0) is 24.1. The predicted octanol–water partition coefficient (Wildman–Crippen LogP) is 6.02. The second-order valence-corrected chi connectivity index (χ2v) is 8.90. The molecular formula is C26H25Cl2N3O3. The van der Waals surface area contributed by atoms with Crippen molar-refractivity contribution in [2.45, 2.75) is 19.4 Å². The van der Waals surface area contributed by atoms with Crippen LogP contribution in [0.4, 0.5) is 16.2 Å². The van der Waals surface area contributed by atoms with E-state index >= 15 is 0 Å². The number of carbonyl (C=O) groups is 2. The Balaban J connectivity index is 1.43. The number of amides is 3. The van der Waals surface area contributed by atoms with Gasteiger partial charge in [-0.15, -0.1) is 0 Å². The summed E-state index contributed by atoms with van der Waals surface area (Å²) in [4.78, 5) is 29.3. The Labute approximate surface area is 209 Å². The first-order valence-corrected chi connectivity index (χ1v) is 11.7. The number of nitrogens with one attached hydrogen (secondary N) is 1. The number of methoxy groups -OCH3 is 1. The molecule has 6 nitrogen and oxygen atoms in total. The highest BCUT2D eigenvalue weighted by atomic mass is 35.5. The molecule has 34 heavy (non-hydrogen) atoms. The minimum absolute atomic E-state index is 0.0859.